The van der Waals surface area contributed by atoms with Crippen molar-refractivity contribution in [3.8, 4) is 0 Å². The molecule has 1 aliphatic rings. The normalized spacial score (nSPS) is 25.9. The van der Waals surface area contributed by atoms with Gasteiger partial charge in [0.15, 0.2) is 0 Å². The van der Waals surface area contributed by atoms with Gasteiger partial charge in [-0.3, -0.25) is 4.98 Å². The van der Waals surface area contributed by atoms with Crippen LogP contribution < -0.4 is 5.32 Å². The molecule has 1 aromatic rings. The van der Waals surface area contributed by atoms with Crippen LogP contribution in [-0.4, -0.2) is 11.0 Å². The van der Waals surface area contributed by atoms with E-state index in [1.165, 1.54) is 37.9 Å². The minimum atomic E-state index is -0.264. The summed E-state index contributed by atoms with van der Waals surface area (Å²) < 4.78 is 12.9. The largest absolute Gasteiger partial charge is 0.306 e. The Labute approximate surface area is 109 Å². The maximum atomic E-state index is 12.9. The fourth-order valence-electron chi connectivity index (χ4n) is 2.83. The number of hydrogen-bond donors (Lipinski definition) is 1. The predicted molar refractivity (Wildman–Crippen MR) is 71.8 cm³/mol. The topological polar surface area (TPSA) is 24.9 Å². The molecule has 0 amide bonds. The first kappa shape index (κ1) is 13.5. The first-order valence-electron chi connectivity index (χ1n) is 7.08. The van der Waals surface area contributed by atoms with Gasteiger partial charge in [0.1, 0.15) is 5.82 Å². The summed E-state index contributed by atoms with van der Waals surface area (Å²) in [4.78, 5) is 4.20. The van der Waals surface area contributed by atoms with Crippen LogP contribution in [0.1, 0.15) is 57.7 Å². The predicted octanol–water partition coefficient (Wildman–Crippen LogP) is 3.84. The number of hydrogen-bond acceptors (Lipinski definition) is 2. The van der Waals surface area contributed by atoms with Gasteiger partial charge >= 0.3 is 0 Å². The summed E-state index contributed by atoms with van der Waals surface area (Å²) in [5, 5.41) is 3.71. The van der Waals surface area contributed by atoms with Crippen LogP contribution in [0.3, 0.4) is 0 Å². The second-order valence-electron chi connectivity index (χ2n) is 5.40. The quantitative estimate of drug-likeness (QED) is 0.878. The summed E-state index contributed by atoms with van der Waals surface area (Å²) in [5.41, 5.74) is 0.955. The van der Waals surface area contributed by atoms with Crippen LogP contribution in [0.5, 0.6) is 0 Å². The van der Waals surface area contributed by atoms with Crippen molar-refractivity contribution in [3.05, 3.63) is 29.8 Å². The molecular formula is C15H23FN2. The molecule has 0 spiro atoms. The van der Waals surface area contributed by atoms with Crippen molar-refractivity contribution in [1.82, 2.24) is 10.3 Å². The van der Waals surface area contributed by atoms with E-state index in [1.54, 1.807) is 6.07 Å². The molecule has 18 heavy (non-hydrogen) atoms. The van der Waals surface area contributed by atoms with Gasteiger partial charge in [0.05, 0.1) is 11.9 Å². The Morgan fingerprint density at radius 2 is 2.17 bits per heavy atom. The summed E-state index contributed by atoms with van der Waals surface area (Å²) in [6, 6.07) is 4.12. The Bertz CT molecular complexity index is 363. The standard InChI is InChI=1S/C15H23FN2/c1-3-13(15-9-8-12(16)10-17-15)18-14-7-5-4-6-11(14)2/h8-11,13-14,18H,3-7H2,1-2H3. The highest BCUT2D eigenvalue weighted by molar-refractivity contribution is 5.10. The molecule has 1 aromatic heterocycles. The van der Waals surface area contributed by atoms with Crippen molar-refractivity contribution in [2.24, 2.45) is 5.92 Å². The third kappa shape index (κ3) is 3.29. The molecule has 0 radical (unpaired) electrons. The molecule has 0 bridgehead atoms. The molecule has 1 fully saturated rings. The first-order chi connectivity index (χ1) is 8.70. The van der Waals surface area contributed by atoms with Crippen LogP contribution in [0.2, 0.25) is 0 Å². The maximum Gasteiger partial charge on any atom is 0.141 e. The first-order valence-corrected chi connectivity index (χ1v) is 7.08. The molecule has 1 heterocycles. The lowest BCUT2D eigenvalue weighted by atomic mass is 9.85. The Balaban J connectivity index is 2.02. The van der Waals surface area contributed by atoms with Crippen LogP contribution >= 0.6 is 0 Å². The second kappa shape index (κ2) is 6.28. The smallest absolute Gasteiger partial charge is 0.141 e. The molecule has 2 nitrogen and oxygen atoms in total. The molecule has 1 N–H and O–H groups in total. The second-order valence-corrected chi connectivity index (χ2v) is 5.40. The van der Waals surface area contributed by atoms with Gasteiger partial charge in [-0.05, 0) is 37.3 Å². The van der Waals surface area contributed by atoms with Gasteiger partial charge in [-0.1, -0.05) is 26.7 Å². The molecule has 0 aromatic carbocycles. The molecule has 3 atom stereocenters. The van der Waals surface area contributed by atoms with Gasteiger partial charge in [0, 0.05) is 12.1 Å². The summed E-state index contributed by atoms with van der Waals surface area (Å²) in [5.74, 6) is 0.466. The Morgan fingerprint density at radius 3 is 2.78 bits per heavy atom. The highest BCUT2D eigenvalue weighted by Crippen LogP contribution is 2.26. The van der Waals surface area contributed by atoms with Crippen LogP contribution in [0.4, 0.5) is 4.39 Å². The summed E-state index contributed by atoms with van der Waals surface area (Å²) >= 11 is 0. The zero-order valence-electron chi connectivity index (χ0n) is 11.3. The monoisotopic (exact) mass is 250 g/mol. The van der Waals surface area contributed by atoms with E-state index in [2.05, 4.69) is 24.1 Å². The van der Waals surface area contributed by atoms with Gasteiger partial charge in [0.2, 0.25) is 0 Å². The number of nitrogens with zero attached hydrogens (tertiary/aromatic N) is 1. The van der Waals surface area contributed by atoms with E-state index >= 15 is 0 Å². The Hall–Kier alpha value is -0.960. The molecule has 1 saturated carbocycles. The van der Waals surface area contributed by atoms with Crippen molar-refractivity contribution in [3.63, 3.8) is 0 Å². The number of halogens is 1. The molecule has 100 valence electrons. The van der Waals surface area contributed by atoms with Crippen LogP contribution in [0, 0.1) is 11.7 Å². The van der Waals surface area contributed by atoms with E-state index in [0.717, 1.165) is 18.0 Å². The Kier molecular flexibility index (Phi) is 4.70. The number of rotatable bonds is 4. The molecule has 0 aliphatic heterocycles. The van der Waals surface area contributed by atoms with Crippen molar-refractivity contribution in [1.29, 1.82) is 0 Å². The zero-order valence-corrected chi connectivity index (χ0v) is 11.3. The fraction of sp³-hybridized carbons (Fsp3) is 0.667. The average Bonchev–Trinajstić information content (AvgIpc) is 2.39. The van der Waals surface area contributed by atoms with E-state index in [0.29, 0.717) is 6.04 Å². The molecule has 0 saturated heterocycles. The van der Waals surface area contributed by atoms with Gasteiger partial charge < -0.3 is 5.32 Å². The van der Waals surface area contributed by atoms with Crippen LogP contribution in [-0.2, 0) is 0 Å². The van der Waals surface area contributed by atoms with Gasteiger partial charge in [0.25, 0.3) is 0 Å². The van der Waals surface area contributed by atoms with Gasteiger partial charge in [-0.2, -0.15) is 0 Å². The number of aromatic nitrogens is 1. The van der Waals surface area contributed by atoms with E-state index < -0.39 is 0 Å². The molecule has 1 aliphatic carbocycles. The summed E-state index contributed by atoms with van der Waals surface area (Å²) in [6.07, 6.45) is 7.52. The van der Waals surface area contributed by atoms with Gasteiger partial charge in [-0.15, -0.1) is 0 Å². The van der Waals surface area contributed by atoms with Gasteiger partial charge in [-0.25, -0.2) is 4.39 Å². The lowest BCUT2D eigenvalue weighted by Gasteiger charge is -2.33. The van der Waals surface area contributed by atoms with Crippen molar-refractivity contribution < 1.29 is 4.39 Å². The van der Waals surface area contributed by atoms with Crippen LogP contribution in [0.25, 0.3) is 0 Å². The third-order valence-corrected chi connectivity index (χ3v) is 4.04. The fourth-order valence-corrected chi connectivity index (χ4v) is 2.83. The highest BCUT2D eigenvalue weighted by atomic mass is 19.1. The lowest BCUT2D eigenvalue weighted by Crippen LogP contribution is -2.39. The summed E-state index contributed by atoms with van der Waals surface area (Å²) in [6.45, 7) is 4.47. The molecule has 2 rings (SSSR count). The van der Waals surface area contributed by atoms with Crippen LogP contribution in [0.15, 0.2) is 18.3 Å². The average molecular weight is 250 g/mol. The van der Waals surface area contributed by atoms with E-state index in [9.17, 15) is 4.39 Å². The third-order valence-electron chi connectivity index (χ3n) is 4.04. The Morgan fingerprint density at radius 1 is 1.39 bits per heavy atom. The van der Waals surface area contributed by atoms with Crippen molar-refractivity contribution in [2.75, 3.05) is 0 Å². The lowest BCUT2D eigenvalue weighted by molar-refractivity contribution is 0.254. The molecule has 3 heteroatoms. The minimum absolute atomic E-state index is 0.246. The summed E-state index contributed by atoms with van der Waals surface area (Å²) in [7, 11) is 0. The number of nitrogens with one attached hydrogen (secondary N) is 1. The SMILES string of the molecule is CCC(NC1CCCCC1C)c1ccc(F)cn1. The van der Waals surface area contributed by atoms with Crippen molar-refractivity contribution in [2.45, 2.75) is 58.0 Å². The maximum absolute atomic E-state index is 12.9. The molecule has 3 unspecified atom stereocenters. The zero-order chi connectivity index (χ0) is 13.0. The highest BCUT2D eigenvalue weighted by Gasteiger charge is 2.24. The molecular weight excluding hydrogens is 227 g/mol. The number of pyridine rings is 1. The van der Waals surface area contributed by atoms with E-state index in [1.807, 2.05) is 0 Å². The van der Waals surface area contributed by atoms with E-state index in [4.69, 9.17) is 0 Å². The minimum Gasteiger partial charge on any atom is -0.306 e. The van der Waals surface area contributed by atoms with E-state index in [-0.39, 0.29) is 11.9 Å². The van der Waals surface area contributed by atoms with Crippen molar-refractivity contribution >= 4 is 0 Å².